The van der Waals surface area contributed by atoms with E-state index in [-0.39, 0.29) is 11.9 Å². The molecule has 0 aliphatic heterocycles. The van der Waals surface area contributed by atoms with Crippen LogP contribution >= 0.6 is 27.3 Å². The highest BCUT2D eigenvalue weighted by molar-refractivity contribution is 9.10. The number of rotatable bonds is 7. The van der Waals surface area contributed by atoms with Gasteiger partial charge in [-0.05, 0) is 48.5 Å². The fraction of sp³-hybridized carbons (Fsp3) is 0. The minimum atomic E-state index is -0.282. The molecule has 0 spiro atoms. The molecule has 0 radical (unpaired) electrons. The number of carbonyl (C=O) groups excluding carboxylic acids is 1. The van der Waals surface area contributed by atoms with E-state index in [4.69, 9.17) is 4.74 Å². The lowest BCUT2D eigenvalue weighted by molar-refractivity contribution is -0.111. The molecule has 2 N–H and O–H groups in total. The van der Waals surface area contributed by atoms with Crippen LogP contribution in [0.2, 0.25) is 0 Å². The number of hydrogen-bond acceptors (Lipinski definition) is 8. The Morgan fingerprint density at radius 2 is 1.84 bits per heavy atom. The Bertz CT molecular complexity index is 1210. The lowest BCUT2D eigenvalue weighted by atomic mass is 10.2. The number of nitrogens with one attached hydrogen (secondary N) is 2. The number of aromatic nitrogens is 4. The summed E-state index contributed by atoms with van der Waals surface area (Å²) in [4.78, 5) is 19.8. The lowest BCUT2D eigenvalue weighted by Gasteiger charge is -2.07. The predicted octanol–water partition coefficient (Wildman–Crippen LogP) is 5.42. The molecule has 0 saturated heterocycles. The quantitative estimate of drug-likeness (QED) is 0.330. The van der Waals surface area contributed by atoms with Crippen LogP contribution in [0.15, 0.2) is 77.9 Å². The van der Waals surface area contributed by atoms with E-state index in [0.29, 0.717) is 22.4 Å². The maximum Gasteiger partial charge on any atom is 0.323 e. The van der Waals surface area contributed by atoms with Crippen molar-refractivity contribution in [1.29, 1.82) is 0 Å². The number of hydrogen-bond donors (Lipinski definition) is 2. The first kappa shape index (κ1) is 20.6. The Morgan fingerprint density at radius 1 is 1.06 bits per heavy atom. The zero-order chi connectivity index (χ0) is 21.6. The molecule has 0 fully saturated rings. The first-order valence-corrected chi connectivity index (χ1v) is 10.6. The van der Waals surface area contributed by atoms with Crippen molar-refractivity contribution in [3.8, 4) is 22.3 Å². The molecule has 8 nitrogen and oxygen atoms in total. The highest BCUT2D eigenvalue weighted by Crippen LogP contribution is 2.29. The van der Waals surface area contributed by atoms with Crippen molar-refractivity contribution >= 4 is 49.8 Å². The van der Waals surface area contributed by atoms with Crippen LogP contribution in [-0.4, -0.2) is 26.1 Å². The van der Waals surface area contributed by atoms with Gasteiger partial charge in [-0.1, -0.05) is 46.0 Å². The largest absolute Gasteiger partial charge is 0.424 e. The topological polar surface area (TPSA) is 102 Å². The molecule has 31 heavy (non-hydrogen) atoms. The third-order valence-corrected chi connectivity index (χ3v) is 5.32. The first-order chi connectivity index (χ1) is 15.1. The molecule has 0 aliphatic rings. The normalized spacial score (nSPS) is 10.4. The van der Waals surface area contributed by atoms with Gasteiger partial charge in [0.15, 0.2) is 0 Å². The van der Waals surface area contributed by atoms with Gasteiger partial charge in [0.05, 0.1) is 0 Å². The predicted molar refractivity (Wildman–Crippen MR) is 124 cm³/mol. The Hall–Kier alpha value is -3.63. The Morgan fingerprint density at radius 3 is 2.58 bits per heavy atom. The number of nitrogens with zero attached hydrogens (tertiary/aromatic N) is 4. The van der Waals surface area contributed by atoms with Crippen molar-refractivity contribution in [2.75, 3.05) is 10.6 Å². The lowest BCUT2D eigenvalue weighted by Crippen LogP contribution is -2.06. The third-order valence-electron chi connectivity index (χ3n) is 3.90. The van der Waals surface area contributed by atoms with Gasteiger partial charge in [0.25, 0.3) is 0 Å². The van der Waals surface area contributed by atoms with Crippen LogP contribution in [0.1, 0.15) is 0 Å². The monoisotopic (exact) mass is 494 g/mol. The summed E-state index contributed by atoms with van der Waals surface area (Å²) in [5, 5.41) is 15.6. The summed E-state index contributed by atoms with van der Waals surface area (Å²) >= 11 is 4.84. The number of halogens is 1. The molecular formula is C21H15BrN6O2S. The van der Waals surface area contributed by atoms with Gasteiger partial charge >= 0.3 is 6.01 Å². The first-order valence-electron chi connectivity index (χ1n) is 9.00. The van der Waals surface area contributed by atoms with Crippen molar-refractivity contribution in [3.63, 3.8) is 0 Å². The average molecular weight is 495 g/mol. The van der Waals surface area contributed by atoms with Crippen LogP contribution in [0.25, 0.3) is 10.6 Å². The maximum absolute atomic E-state index is 11.3. The van der Waals surface area contributed by atoms with Gasteiger partial charge in [-0.2, -0.15) is 4.98 Å². The molecule has 0 bridgehead atoms. The molecule has 10 heteroatoms. The molecule has 0 atom stereocenters. The van der Waals surface area contributed by atoms with Gasteiger partial charge in [0.1, 0.15) is 16.6 Å². The van der Waals surface area contributed by atoms with E-state index < -0.39 is 0 Å². The third kappa shape index (κ3) is 5.50. The van der Waals surface area contributed by atoms with Crippen LogP contribution in [0, 0.1) is 0 Å². The van der Waals surface area contributed by atoms with E-state index in [1.54, 1.807) is 36.5 Å². The second kappa shape index (κ2) is 9.45. The summed E-state index contributed by atoms with van der Waals surface area (Å²) in [6.07, 6.45) is 2.79. The van der Waals surface area contributed by atoms with Crippen molar-refractivity contribution < 1.29 is 9.53 Å². The summed E-state index contributed by atoms with van der Waals surface area (Å²) in [5.74, 6) is 0.774. The second-order valence-electron chi connectivity index (χ2n) is 6.09. The van der Waals surface area contributed by atoms with Crippen molar-refractivity contribution in [2.24, 2.45) is 0 Å². The van der Waals surface area contributed by atoms with E-state index in [1.807, 2.05) is 24.3 Å². The summed E-state index contributed by atoms with van der Waals surface area (Å²) in [6.45, 7) is 3.42. The number of benzene rings is 2. The number of anilines is 3. The second-order valence-corrected chi connectivity index (χ2v) is 7.98. The molecular weight excluding hydrogens is 480 g/mol. The SMILES string of the molecule is C=CC(=O)Nc1ccc(Oc2nccc(Nc3nnc(-c4ccc(Br)cc4)s3)n2)cc1. The van der Waals surface area contributed by atoms with Crippen LogP contribution in [0.3, 0.4) is 0 Å². The minimum Gasteiger partial charge on any atom is -0.424 e. The highest BCUT2D eigenvalue weighted by Gasteiger charge is 2.09. The molecule has 0 unspecified atom stereocenters. The van der Waals surface area contributed by atoms with E-state index >= 15 is 0 Å². The van der Waals surface area contributed by atoms with Crippen LogP contribution in [0.5, 0.6) is 11.8 Å². The molecule has 2 aromatic carbocycles. The number of ether oxygens (including phenoxy) is 1. The molecule has 1 amide bonds. The molecule has 4 rings (SSSR count). The standard InChI is InChI=1S/C21H15BrN6O2S/c1-2-18(29)24-15-7-9-16(10-8-15)30-20-23-12-11-17(25-20)26-21-28-27-19(31-21)13-3-5-14(22)6-4-13/h2-12H,1H2,(H,24,29)(H,23,25,26,28). The molecule has 2 aromatic heterocycles. The van der Waals surface area contributed by atoms with Gasteiger partial charge in [0.2, 0.25) is 11.0 Å². The molecule has 154 valence electrons. The zero-order valence-corrected chi connectivity index (χ0v) is 18.4. The molecule has 2 heterocycles. The van der Waals surface area contributed by atoms with Crippen molar-refractivity contribution in [2.45, 2.75) is 0 Å². The summed E-state index contributed by atoms with van der Waals surface area (Å²) in [6, 6.07) is 16.6. The summed E-state index contributed by atoms with van der Waals surface area (Å²) in [7, 11) is 0. The van der Waals surface area contributed by atoms with E-state index in [9.17, 15) is 4.79 Å². The Balaban J connectivity index is 1.42. The molecule has 4 aromatic rings. The van der Waals surface area contributed by atoms with E-state index in [1.165, 1.54) is 17.4 Å². The smallest absolute Gasteiger partial charge is 0.323 e. The van der Waals surface area contributed by atoms with E-state index in [0.717, 1.165) is 15.0 Å². The average Bonchev–Trinajstić information content (AvgIpc) is 3.24. The van der Waals surface area contributed by atoms with Crippen LogP contribution in [0.4, 0.5) is 16.6 Å². The van der Waals surface area contributed by atoms with Gasteiger partial charge < -0.3 is 15.4 Å². The van der Waals surface area contributed by atoms with E-state index in [2.05, 4.69) is 53.3 Å². The summed E-state index contributed by atoms with van der Waals surface area (Å²) < 4.78 is 6.70. The van der Waals surface area contributed by atoms with Gasteiger partial charge in [-0.25, -0.2) is 4.98 Å². The molecule has 0 aliphatic carbocycles. The van der Waals surface area contributed by atoms with Gasteiger partial charge in [-0.15, -0.1) is 10.2 Å². The highest BCUT2D eigenvalue weighted by atomic mass is 79.9. The van der Waals surface area contributed by atoms with Crippen LogP contribution < -0.4 is 15.4 Å². The van der Waals surface area contributed by atoms with Crippen LogP contribution in [-0.2, 0) is 4.79 Å². The zero-order valence-electron chi connectivity index (χ0n) is 15.9. The Labute approximate surface area is 190 Å². The van der Waals surface area contributed by atoms with Gasteiger partial charge in [-0.3, -0.25) is 4.79 Å². The fourth-order valence-electron chi connectivity index (χ4n) is 2.46. The number of carbonyl (C=O) groups is 1. The maximum atomic E-state index is 11.3. The van der Waals surface area contributed by atoms with Crippen molar-refractivity contribution in [1.82, 2.24) is 20.2 Å². The fourth-order valence-corrected chi connectivity index (χ4v) is 3.48. The molecule has 0 saturated carbocycles. The Kier molecular flexibility index (Phi) is 6.29. The summed E-state index contributed by atoms with van der Waals surface area (Å²) in [5.41, 5.74) is 1.61. The minimum absolute atomic E-state index is 0.172. The van der Waals surface area contributed by atoms with Gasteiger partial charge in [0, 0.05) is 21.9 Å². The van der Waals surface area contributed by atoms with Crippen molar-refractivity contribution in [3.05, 3.63) is 77.9 Å². The number of amides is 1.